The maximum atomic E-state index is 12.8. The molecular weight excluding hydrogens is 546 g/mol. The molecule has 0 radical (unpaired) electrons. The highest BCUT2D eigenvalue weighted by molar-refractivity contribution is 9.10. The zero-order valence-electron chi connectivity index (χ0n) is 16.4. The molecule has 0 saturated heterocycles. The van der Waals surface area contributed by atoms with Gasteiger partial charge < -0.3 is 4.74 Å². The SMILES string of the molecule is Cc1nc2ccc(Br)cc2c(=O)n1N=Cc1ccc(Oc2ccc([N+](=O)[O-])cn2)c(Br)c1. The first-order chi connectivity index (χ1) is 15.3. The van der Waals surface area contributed by atoms with Crippen LogP contribution < -0.4 is 10.3 Å². The maximum absolute atomic E-state index is 12.8. The van der Waals surface area contributed by atoms with E-state index in [4.69, 9.17) is 4.74 Å². The van der Waals surface area contributed by atoms with Gasteiger partial charge in [-0.15, -0.1) is 0 Å². The van der Waals surface area contributed by atoms with Gasteiger partial charge in [0.05, 0.1) is 26.5 Å². The maximum Gasteiger partial charge on any atom is 0.287 e. The minimum Gasteiger partial charge on any atom is -0.438 e. The van der Waals surface area contributed by atoms with Crippen molar-refractivity contribution in [3.8, 4) is 11.6 Å². The van der Waals surface area contributed by atoms with Gasteiger partial charge in [-0.25, -0.2) is 9.97 Å². The second-order valence-electron chi connectivity index (χ2n) is 6.59. The van der Waals surface area contributed by atoms with Gasteiger partial charge in [0.2, 0.25) is 5.88 Å². The van der Waals surface area contributed by atoms with Gasteiger partial charge in [-0.1, -0.05) is 15.9 Å². The molecule has 4 aromatic rings. The molecular formula is C21H13Br2N5O4. The number of fused-ring (bicyclic) bond motifs is 1. The van der Waals surface area contributed by atoms with Gasteiger partial charge in [-0.3, -0.25) is 14.9 Å². The molecule has 0 fully saturated rings. The average Bonchev–Trinajstić information content (AvgIpc) is 2.76. The number of nitrogens with zero attached hydrogens (tertiary/aromatic N) is 5. The van der Waals surface area contributed by atoms with Crippen molar-refractivity contribution in [2.75, 3.05) is 0 Å². The standard InChI is InChI=1S/C21H13Br2N5O4/c1-12-26-18-5-3-14(22)9-16(18)21(29)27(12)25-10-13-2-6-19(17(23)8-13)32-20-7-4-15(11-24-20)28(30)31/h2-11H,1H3. The normalized spacial score (nSPS) is 11.2. The molecule has 0 spiro atoms. The summed E-state index contributed by atoms with van der Waals surface area (Å²) in [6, 6.07) is 13.3. The number of halogens is 2. The summed E-state index contributed by atoms with van der Waals surface area (Å²) in [4.78, 5) is 31.4. The van der Waals surface area contributed by atoms with Crippen LogP contribution in [0.2, 0.25) is 0 Å². The van der Waals surface area contributed by atoms with Crippen molar-refractivity contribution in [1.29, 1.82) is 0 Å². The highest BCUT2D eigenvalue weighted by Crippen LogP contribution is 2.30. The lowest BCUT2D eigenvalue weighted by atomic mass is 10.2. The van der Waals surface area contributed by atoms with Crippen molar-refractivity contribution >= 4 is 54.7 Å². The minimum atomic E-state index is -0.530. The number of hydrogen-bond acceptors (Lipinski definition) is 7. The molecule has 0 unspecified atom stereocenters. The molecule has 9 nitrogen and oxygen atoms in total. The lowest BCUT2D eigenvalue weighted by molar-refractivity contribution is -0.385. The largest absolute Gasteiger partial charge is 0.438 e. The van der Waals surface area contributed by atoms with E-state index >= 15 is 0 Å². The van der Waals surface area contributed by atoms with Crippen molar-refractivity contribution in [1.82, 2.24) is 14.6 Å². The Hall–Kier alpha value is -3.44. The van der Waals surface area contributed by atoms with E-state index in [1.807, 2.05) is 6.07 Å². The number of ether oxygens (including phenoxy) is 1. The Morgan fingerprint density at radius 3 is 2.66 bits per heavy atom. The van der Waals surface area contributed by atoms with Crippen LogP contribution in [-0.4, -0.2) is 25.8 Å². The topological polar surface area (TPSA) is 113 Å². The van der Waals surface area contributed by atoms with Crippen molar-refractivity contribution in [3.63, 3.8) is 0 Å². The van der Waals surface area contributed by atoms with Crippen LogP contribution in [0.1, 0.15) is 11.4 Å². The summed E-state index contributed by atoms with van der Waals surface area (Å²) in [7, 11) is 0. The Morgan fingerprint density at radius 1 is 1.16 bits per heavy atom. The van der Waals surface area contributed by atoms with Crippen LogP contribution in [0.15, 0.2) is 73.6 Å². The number of rotatable bonds is 5. The molecule has 0 N–H and O–H groups in total. The third-order valence-corrected chi connectivity index (χ3v) is 5.51. The first-order valence-corrected chi connectivity index (χ1v) is 10.7. The van der Waals surface area contributed by atoms with Gasteiger partial charge in [0, 0.05) is 16.6 Å². The van der Waals surface area contributed by atoms with E-state index < -0.39 is 4.92 Å². The van der Waals surface area contributed by atoms with Crippen molar-refractivity contribution in [2.45, 2.75) is 6.92 Å². The molecule has 0 aliphatic rings. The monoisotopic (exact) mass is 557 g/mol. The molecule has 32 heavy (non-hydrogen) atoms. The zero-order valence-corrected chi connectivity index (χ0v) is 19.6. The molecule has 0 aliphatic carbocycles. The predicted octanol–water partition coefficient (Wildman–Crippen LogP) is 5.21. The second-order valence-corrected chi connectivity index (χ2v) is 8.36. The number of aromatic nitrogens is 3. The quantitative estimate of drug-likeness (QED) is 0.189. The summed E-state index contributed by atoms with van der Waals surface area (Å²) in [5, 5.41) is 15.5. The molecule has 0 saturated carbocycles. The van der Waals surface area contributed by atoms with Crippen LogP contribution >= 0.6 is 31.9 Å². The number of aryl methyl sites for hydroxylation is 1. The van der Waals surface area contributed by atoms with Crippen LogP contribution in [0.3, 0.4) is 0 Å². The van der Waals surface area contributed by atoms with Gasteiger partial charge in [0.15, 0.2) is 0 Å². The highest BCUT2D eigenvalue weighted by Gasteiger charge is 2.10. The van der Waals surface area contributed by atoms with Crippen LogP contribution in [0.4, 0.5) is 5.69 Å². The zero-order chi connectivity index (χ0) is 22.8. The Labute approximate surface area is 197 Å². The Morgan fingerprint density at radius 2 is 1.97 bits per heavy atom. The molecule has 4 rings (SSSR count). The fourth-order valence-electron chi connectivity index (χ4n) is 2.85. The Balaban J connectivity index is 1.58. The molecule has 0 atom stereocenters. The van der Waals surface area contributed by atoms with E-state index in [1.165, 1.54) is 16.8 Å². The van der Waals surface area contributed by atoms with E-state index in [-0.39, 0.29) is 17.1 Å². The Bertz CT molecular complexity index is 1440. The van der Waals surface area contributed by atoms with E-state index in [0.717, 1.165) is 10.7 Å². The predicted molar refractivity (Wildman–Crippen MR) is 127 cm³/mol. The second kappa shape index (κ2) is 8.97. The molecule has 2 heterocycles. The van der Waals surface area contributed by atoms with Gasteiger partial charge in [0.25, 0.3) is 11.2 Å². The molecule has 11 heteroatoms. The first kappa shape index (κ1) is 21.8. The number of pyridine rings is 1. The molecule has 0 bridgehead atoms. The third-order valence-electron chi connectivity index (χ3n) is 4.39. The van der Waals surface area contributed by atoms with Gasteiger partial charge in [0.1, 0.15) is 17.8 Å². The number of hydrogen-bond donors (Lipinski definition) is 0. The van der Waals surface area contributed by atoms with E-state index in [1.54, 1.807) is 43.5 Å². The molecule has 2 aromatic carbocycles. The van der Waals surface area contributed by atoms with Crippen molar-refractivity contribution < 1.29 is 9.66 Å². The van der Waals surface area contributed by atoms with E-state index in [2.05, 4.69) is 46.9 Å². The van der Waals surface area contributed by atoms with E-state index in [9.17, 15) is 14.9 Å². The Kier molecular flexibility index (Phi) is 6.10. The highest BCUT2D eigenvalue weighted by atomic mass is 79.9. The third kappa shape index (κ3) is 4.58. The molecule has 0 amide bonds. The van der Waals surface area contributed by atoms with Crippen LogP contribution in [-0.2, 0) is 0 Å². The average molecular weight is 559 g/mol. The summed E-state index contributed by atoms with van der Waals surface area (Å²) >= 11 is 6.80. The van der Waals surface area contributed by atoms with Crippen LogP contribution in [0, 0.1) is 17.0 Å². The van der Waals surface area contributed by atoms with Crippen LogP contribution in [0.5, 0.6) is 11.6 Å². The smallest absolute Gasteiger partial charge is 0.287 e. The molecule has 0 aliphatic heterocycles. The summed E-state index contributed by atoms with van der Waals surface area (Å²) < 4.78 is 8.31. The van der Waals surface area contributed by atoms with Gasteiger partial charge in [-0.05, 0) is 64.8 Å². The lowest BCUT2D eigenvalue weighted by Crippen LogP contribution is -2.20. The summed E-state index contributed by atoms with van der Waals surface area (Å²) in [6.45, 7) is 1.71. The fourth-order valence-corrected chi connectivity index (χ4v) is 3.69. The van der Waals surface area contributed by atoms with Crippen LogP contribution in [0.25, 0.3) is 10.9 Å². The molecule has 2 aromatic heterocycles. The van der Waals surface area contributed by atoms with Gasteiger partial charge in [-0.2, -0.15) is 9.78 Å². The minimum absolute atomic E-state index is 0.121. The fraction of sp³-hybridized carbons (Fsp3) is 0.0476. The summed E-state index contributed by atoms with van der Waals surface area (Å²) in [6.07, 6.45) is 2.67. The summed E-state index contributed by atoms with van der Waals surface area (Å²) in [5.41, 5.74) is 0.921. The number of benzene rings is 2. The summed E-state index contributed by atoms with van der Waals surface area (Å²) in [5.74, 6) is 1.15. The first-order valence-electron chi connectivity index (χ1n) is 9.13. The lowest BCUT2D eigenvalue weighted by Gasteiger charge is -2.08. The molecule has 160 valence electrons. The van der Waals surface area contributed by atoms with E-state index in [0.29, 0.717) is 32.5 Å². The van der Waals surface area contributed by atoms with Gasteiger partial charge >= 0.3 is 0 Å². The van der Waals surface area contributed by atoms with Crippen molar-refractivity contribution in [2.24, 2.45) is 5.10 Å². The van der Waals surface area contributed by atoms with Crippen molar-refractivity contribution in [3.05, 3.63) is 95.5 Å². The number of nitro groups is 1.